The van der Waals surface area contributed by atoms with Gasteiger partial charge in [0.25, 0.3) is 0 Å². The van der Waals surface area contributed by atoms with Crippen molar-refractivity contribution in [2.75, 3.05) is 0 Å². The Bertz CT molecular complexity index is 504. The maximum Gasteiger partial charge on any atom is 0.244 e. The summed E-state index contributed by atoms with van der Waals surface area (Å²) in [7, 11) is 2.13. The van der Waals surface area contributed by atoms with Gasteiger partial charge in [-0.15, -0.1) is 0 Å². The number of aryl methyl sites for hydroxylation is 1. The molecule has 1 aromatic heterocycles. The number of aromatic nitrogens is 2. The van der Waals surface area contributed by atoms with Crippen LogP contribution in [0, 0.1) is 5.41 Å². The van der Waals surface area contributed by atoms with Crippen LogP contribution < -0.4 is 4.57 Å². The largest absolute Gasteiger partial charge is 0.244 e. The molecule has 0 saturated carbocycles. The zero-order valence-corrected chi connectivity index (χ0v) is 11.9. The quantitative estimate of drug-likeness (QED) is 0.733. The number of benzene rings is 1. The standard InChI is InChI=1S/C16H23N2/c1-16(2,3)10-15-12-18(13-17(15)4)11-14-8-6-5-7-9-14/h5-9,12-13H,10-11H2,1-4H3/q+1. The molecule has 18 heavy (non-hydrogen) atoms. The molecule has 0 amide bonds. The van der Waals surface area contributed by atoms with Gasteiger partial charge in [0, 0.05) is 6.42 Å². The molecule has 1 aromatic carbocycles. The Morgan fingerprint density at radius 1 is 1.11 bits per heavy atom. The van der Waals surface area contributed by atoms with Gasteiger partial charge in [-0.05, 0) is 11.0 Å². The summed E-state index contributed by atoms with van der Waals surface area (Å²) < 4.78 is 4.49. The normalized spacial score (nSPS) is 11.8. The van der Waals surface area contributed by atoms with E-state index < -0.39 is 0 Å². The minimum atomic E-state index is 0.330. The van der Waals surface area contributed by atoms with Gasteiger partial charge in [-0.3, -0.25) is 0 Å². The molecule has 0 aliphatic carbocycles. The van der Waals surface area contributed by atoms with Gasteiger partial charge in [-0.25, -0.2) is 9.13 Å². The molecule has 0 saturated heterocycles. The SMILES string of the molecule is Cn1c[n+](Cc2ccccc2)cc1CC(C)(C)C. The highest BCUT2D eigenvalue weighted by Crippen LogP contribution is 2.19. The van der Waals surface area contributed by atoms with Crippen molar-refractivity contribution in [1.82, 2.24) is 4.57 Å². The summed E-state index contributed by atoms with van der Waals surface area (Å²) in [6.45, 7) is 7.78. The summed E-state index contributed by atoms with van der Waals surface area (Å²) in [6, 6.07) is 10.6. The van der Waals surface area contributed by atoms with Crippen LogP contribution in [0.1, 0.15) is 32.0 Å². The predicted octanol–water partition coefficient (Wildman–Crippen LogP) is 2.95. The number of hydrogen-bond acceptors (Lipinski definition) is 0. The highest BCUT2D eigenvalue weighted by atomic mass is 15.1. The van der Waals surface area contributed by atoms with Gasteiger partial charge in [-0.1, -0.05) is 51.1 Å². The lowest BCUT2D eigenvalue weighted by atomic mass is 9.91. The molecular formula is C16H23N2+. The third kappa shape index (κ3) is 3.46. The van der Waals surface area contributed by atoms with Gasteiger partial charge in [0.2, 0.25) is 6.33 Å². The Balaban J connectivity index is 2.14. The summed E-state index contributed by atoms with van der Waals surface area (Å²) in [6.07, 6.45) is 5.54. The van der Waals surface area contributed by atoms with E-state index in [-0.39, 0.29) is 0 Å². The zero-order valence-electron chi connectivity index (χ0n) is 11.9. The van der Waals surface area contributed by atoms with Crippen molar-refractivity contribution in [1.29, 1.82) is 0 Å². The molecule has 0 aliphatic heterocycles. The molecule has 0 aliphatic rings. The van der Waals surface area contributed by atoms with Crippen LogP contribution >= 0.6 is 0 Å². The smallest absolute Gasteiger partial charge is 0.237 e. The molecule has 0 radical (unpaired) electrons. The van der Waals surface area contributed by atoms with Crippen LogP contribution in [-0.2, 0) is 20.0 Å². The van der Waals surface area contributed by atoms with Crippen molar-refractivity contribution < 1.29 is 4.57 Å². The van der Waals surface area contributed by atoms with Crippen LogP contribution in [0.5, 0.6) is 0 Å². The molecular weight excluding hydrogens is 220 g/mol. The molecule has 2 rings (SSSR count). The van der Waals surface area contributed by atoms with Crippen molar-refractivity contribution in [3.8, 4) is 0 Å². The molecule has 0 atom stereocenters. The first-order chi connectivity index (χ1) is 8.44. The van der Waals surface area contributed by atoms with E-state index in [1.807, 2.05) is 0 Å². The van der Waals surface area contributed by atoms with Crippen molar-refractivity contribution in [2.24, 2.45) is 12.5 Å². The van der Waals surface area contributed by atoms with Crippen LogP contribution in [-0.4, -0.2) is 4.57 Å². The number of imidazole rings is 1. The predicted molar refractivity (Wildman–Crippen MR) is 74.3 cm³/mol. The summed E-state index contributed by atoms with van der Waals surface area (Å²) >= 11 is 0. The van der Waals surface area contributed by atoms with E-state index in [0.29, 0.717) is 5.41 Å². The summed E-state index contributed by atoms with van der Waals surface area (Å²) in [5.41, 5.74) is 3.06. The van der Waals surface area contributed by atoms with Crippen LogP contribution in [0.3, 0.4) is 0 Å². The fourth-order valence-electron chi connectivity index (χ4n) is 2.21. The Hall–Kier alpha value is -1.57. The first-order valence-electron chi connectivity index (χ1n) is 6.52. The summed E-state index contributed by atoms with van der Waals surface area (Å²) in [5, 5.41) is 0. The molecule has 0 N–H and O–H groups in total. The highest BCUT2D eigenvalue weighted by Gasteiger charge is 2.18. The molecule has 2 nitrogen and oxygen atoms in total. The van der Waals surface area contributed by atoms with E-state index in [1.54, 1.807) is 0 Å². The van der Waals surface area contributed by atoms with Crippen molar-refractivity contribution in [3.63, 3.8) is 0 Å². The molecule has 2 heteroatoms. The minimum Gasteiger partial charge on any atom is -0.237 e. The average molecular weight is 243 g/mol. The van der Waals surface area contributed by atoms with Crippen molar-refractivity contribution >= 4 is 0 Å². The Morgan fingerprint density at radius 3 is 2.39 bits per heavy atom. The second-order valence-electron chi connectivity index (χ2n) is 6.24. The Kier molecular flexibility index (Phi) is 3.55. The van der Waals surface area contributed by atoms with Gasteiger partial charge in [0.15, 0.2) is 0 Å². The van der Waals surface area contributed by atoms with Crippen LogP contribution in [0.15, 0.2) is 42.9 Å². The second-order valence-corrected chi connectivity index (χ2v) is 6.24. The van der Waals surface area contributed by atoms with E-state index in [1.165, 1.54) is 11.3 Å². The average Bonchev–Trinajstić information content (AvgIpc) is 2.58. The van der Waals surface area contributed by atoms with Gasteiger partial charge < -0.3 is 0 Å². The molecule has 1 heterocycles. The fraction of sp³-hybridized carbons (Fsp3) is 0.438. The number of rotatable bonds is 3. The fourth-order valence-corrected chi connectivity index (χ4v) is 2.21. The van der Waals surface area contributed by atoms with Gasteiger partial charge in [-0.2, -0.15) is 0 Å². The lowest BCUT2D eigenvalue weighted by Gasteiger charge is -2.15. The van der Waals surface area contributed by atoms with Crippen LogP contribution in [0.4, 0.5) is 0 Å². The summed E-state index contributed by atoms with van der Waals surface area (Å²) in [4.78, 5) is 0. The molecule has 96 valence electrons. The summed E-state index contributed by atoms with van der Waals surface area (Å²) in [5.74, 6) is 0. The van der Waals surface area contributed by atoms with E-state index in [9.17, 15) is 0 Å². The maximum atomic E-state index is 2.28. The monoisotopic (exact) mass is 243 g/mol. The number of nitrogens with zero attached hydrogens (tertiary/aromatic N) is 2. The van der Waals surface area contributed by atoms with Crippen LogP contribution in [0.2, 0.25) is 0 Å². The van der Waals surface area contributed by atoms with E-state index in [0.717, 1.165) is 13.0 Å². The first kappa shape index (κ1) is 12.9. The topological polar surface area (TPSA) is 8.81 Å². The third-order valence-corrected chi connectivity index (χ3v) is 3.01. The second kappa shape index (κ2) is 4.97. The first-order valence-corrected chi connectivity index (χ1v) is 6.52. The zero-order chi connectivity index (χ0) is 13.2. The van der Waals surface area contributed by atoms with Crippen molar-refractivity contribution in [3.05, 3.63) is 54.1 Å². The lowest BCUT2D eigenvalue weighted by Crippen LogP contribution is -2.31. The van der Waals surface area contributed by atoms with Crippen LogP contribution in [0.25, 0.3) is 0 Å². The molecule has 0 fully saturated rings. The maximum absolute atomic E-state index is 2.28. The third-order valence-electron chi connectivity index (χ3n) is 3.01. The lowest BCUT2D eigenvalue weighted by molar-refractivity contribution is -0.688. The Labute approximate surface area is 110 Å². The van der Waals surface area contributed by atoms with Gasteiger partial charge in [0.05, 0.1) is 7.05 Å². The molecule has 2 aromatic rings. The highest BCUT2D eigenvalue weighted by molar-refractivity contribution is 5.13. The van der Waals surface area contributed by atoms with Crippen molar-refractivity contribution in [2.45, 2.75) is 33.7 Å². The van der Waals surface area contributed by atoms with E-state index in [4.69, 9.17) is 0 Å². The molecule has 0 unspecified atom stereocenters. The number of hydrogen-bond donors (Lipinski definition) is 0. The minimum absolute atomic E-state index is 0.330. The van der Waals surface area contributed by atoms with Gasteiger partial charge in [0.1, 0.15) is 18.4 Å². The van der Waals surface area contributed by atoms with Gasteiger partial charge >= 0.3 is 0 Å². The van der Waals surface area contributed by atoms with E-state index in [2.05, 4.69) is 79.8 Å². The molecule has 0 bridgehead atoms. The Morgan fingerprint density at radius 2 is 1.78 bits per heavy atom. The van der Waals surface area contributed by atoms with E-state index >= 15 is 0 Å². The molecule has 0 spiro atoms.